The van der Waals surface area contributed by atoms with E-state index in [2.05, 4.69) is 4.98 Å². The van der Waals surface area contributed by atoms with Gasteiger partial charge in [0.25, 0.3) is 5.91 Å². The summed E-state index contributed by atoms with van der Waals surface area (Å²) in [6, 6.07) is 3.80. The van der Waals surface area contributed by atoms with Gasteiger partial charge in [-0.15, -0.1) is 11.3 Å². The van der Waals surface area contributed by atoms with Crippen LogP contribution in [0.15, 0.2) is 12.1 Å². The van der Waals surface area contributed by atoms with Crippen LogP contribution in [0.2, 0.25) is 5.02 Å². The Kier molecular flexibility index (Phi) is 5.20. The van der Waals surface area contributed by atoms with Gasteiger partial charge in [-0.2, -0.15) is 0 Å². The molecular weight excluding hydrogens is 402 g/mol. The van der Waals surface area contributed by atoms with Crippen molar-refractivity contribution in [1.29, 1.82) is 0 Å². The van der Waals surface area contributed by atoms with Gasteiger partial charge >= 0.3 is 0 Å². The molecule has 0 radical (unpaired) electrons. The van der Waals surface area contributed by atoms with Crippen LogP contribution in [0, 0.1) is 20.8 Å². The average Bonchev–Trinajstić information content (AvgIpc) is 3.32. The summed E-state index contributed by atoms with van der Waals surface area (Å²) in [6.07, 6.45) is 2.03. The third-order valence-corrected chi connectivity index (χ3v) is 6.93. The van der Waals surface area contributed by atoms with Gasteiger partial charge in [0.05, 0.1) is 33.6 Å². The first kappa shape index (κ1) is 18.8. The number of amides is 1. The molecule has 1 unspecified atom stereocenters. The molecule has 1 amide bonds. The molecule has 1 aromatic carbocycles. The molecule has 5 nitrogen and oxygen atoms in total. The lowest BCUT2D eigenvalue weighted by molar-refractivity contribution is 0.0920. The molecule has 0 N–H and O–H groups in total. The monoisotopic (exact) mass is 421 g/mol. The van der Waals surface area contributed by atoms with Gasteiger partial charge in [0, 0.05) is 11.6 Å². The van der Waals surface area contributed by atoms with Gasteiger partial charge in [-0.3, -0.25) is 9.69 Å². The molecule has 142 valence electrons. The first-order valence-corrected chi connectivity index (χ1v) is 10.9. The van der Waals surface area contributed by atoms with Crippen molar-refractivity contribution in [2.75, 3.05) is 18.1 Å². The van der Waals surface area contributed by atoms with Crippen LogP contribution in [-0.2, 0) is 4.74 Å². The standard InChI is InChI=1S/C19H20ClN3O2S2/c1-10-7-13(20)8-15-16(10)22-19(27-15)23(9-14-5-4-6-25-14)18(24)17-11(2)21-12(3)26-17/h7-8,14H,4-6,9H2,1-3H3. The molecular formula is C19H20ClN3O2S2. The predicted octanol–water partition coefficient (Wildman–Crippen LogP) is 5.16. The average molecular weight is 422 g/mol. The molecule has 1 saturated heterocycles. The Balaban J connectivity index is 1.76. The highest BCUT2D eigenvalue weighted by molar-refractivity contribution is 7.22. The van der Waals surface area contributed by atoms with E-state index < -0.39 is 0 Å². The second-order valence-corrected chi connectivity index (χ2v) is 9.41. The zero-order valence-electron chi connectivity index (χ0n) is 15.4. The molecule has 4 rings (SSSR count). The van der Waals surface area contributed by atoms with Crippen molar-refractivity contribution in [3.05, 3.63) is 38.3 Å². The second-order valence-electron chi connectivity index (χ2n) is 6.76. The van der Waals surface area contributed by atoms with Crippen LogP contribution >= 0.6 is 34.3 Å². The van der Waals surface area contributed by atoms with Crippen LogP contribution < -0.4 is 4.90 Å². The fourth-order valence-electron chi connectivity index (χ4n) is 3.35. The lowest BCUT2D eigenvalue weighted by Gasteiger charge is -2.22. The summed E-state index contributed by atoms with van der Waals surface area (Å²) >= 11 is 9.12. The van der Waals surface area contributed by atoms with E-state index in [4.69, 9.17) is 21.3 Å². The number of thiazole rings is 2. The van der Waals surface area contributed by atoms with E-state index >= 15 is 0 Å². The minimum absolute atomic E-state index is 0.0416. The van der Waals surface area contributed by atoms with E-state index in [1.165, 1.54) is 22.7 Å². The maximum absolute atomic E-state index is 13.4. The quantitative estimate of drug-likeness (QED) is 0.584. The minimum Gasteiger partial charge on any atom is -0.376 e. The summed E-state index contributed by atoms with van der Waals surface area (Å²) in [5.41, 5.74) is 2.66. The van der Waals surface area contributed by atoms with E-state index in [1.54, 1.807) is 4.90 Å². The molecule has 1 aliphatic heterocycles. The van der Waals surface area contributed by atoms with Crippen molar-refractivity contribution >= 4 is 55.5 Å². The highest BCUT2D eigenvalue weighted by atomic mass is 35.5. The normalized spacial score (nSPS) is 17.0. The van der Waals surface area contributed by atoms with Crippen LogP contribution in [-0.4, -0.2) is 35.1 Å². The lowest BCUT2D eigenvalue weighted by atomic mass is 10.2. The van der Waals surface area contributed by atoms with Crippen LogP contribution in [0.3, 0.4) is 0 Å². The number of carbonyl (C=O) groups is 1. The number of nitrogens with zero attached hydrogens (tertiary/aromatic N) is 3. The summed E-state index contributed by atoms with van der Waals surface area (Å²) in [5, 5.41) is 2.25. The number of carbonyl (C=O) groups excluding carboxylic acids is 1. The van der Waals surface area contributed by atoms with Gasteiger partial charge in [-0.25, -0.2) is 9.97 Å². The van der Waals surface area contributed by atoms with Crippen molar-refractivity contribution in [2.24, 2.45) is 0 Å². The maximum Gasteiger partial charge on any atom is 0.272 e. The van der Waals surface area contributed by atoms with E-state index in [1.807, 2.05) is 32.9 Å². The molecule has 0 aliphatic carbocycles. The summed E-state index contributed by atoms with van der Waals surface area (Å²) < 4.78 is 6.78. The van der Waals surface area contributed by atoms with Gasteiger partial charge in [0.15, 0.2) is 5.13 Å². The number of halogens is 1. The topological polar surface area (TPSA) is 55.3 Å². The Bertz CT molecular complexity index is 1010. The molecule has 2 aromatic heterocycles. The van der Waals surface area contributed by atoms with Crippen molar-refractivity contribution in [1.82, 2.24) is 9.97 Å². The van der Waals surface area contributed by atoms with E-state index in [9.17, 15) is 4.79 Å². The SMILES string of the molecule is Cc1nc(C)c(C(=O)N(CC2CCCO2)c2nc3c(C)cc(Cl)cc3s2)s1. The summed E-state index contributed by atoms with van der Waals surface area (Å²) in [6.45, 7) is 7.04. The fraction of sp³-hybridized carbons (Fsp3) is 0.421. The number of anilines is 1. The molecule has 8 heteroatoms. The molecule has 1 atom stereocenters. The van der Waals surface area contributed by atoms with Crippen molar-refractivity contribution < 1.29 is 9.53 Å². The fourth-order valence-corrected chi connectivity index (χ4v) is 5.65. The highest BCUT2D eigenvalue weighted by Gasteiger charge is 2.29. The third kappa shape index (κ3) is 3.74. The molecule has 27 heavy (non-hydrogen) atoms. The number of aryl methyl sites for hydroxylation is 3. The van der Waals surface area contributed by atoms with E-state index in [0.717, 1.165) is 45.9 Å². The number of aromatic nitrogens is 2. The molecule has 0 saturated carbocycles. The van der Waals surface area contributed by atoms with Gasteiger partial charge in [0.2, 0.25) is 0 Å². The van der Waals surface area contributed by atoms with Crippen LogP contribution in [0.5, 0.6) is 0 Å². The zero-order chi connectivity index (χ0) is 19.1. The maximum atomic E-state index is 13.4. The van der Waals surface area contributed by atoms with Crippen molar-refractivity contribution in [3.63, 3.8) is 0 Å². The first-order chi connectivity index (χ1) is 12.9. The van der Waals surface area contributed by atoms with Gasteiger partial charge in [0.1, 0.15) is 4.88 Å². The number of ether oxygens (including phenoxy) is 1. The largest absolute Gasteiger partial charge is 0.376 e. The van der Waals surface area contributed by atoms with E-state index in [0.29, 0.717) is 21.6 Å². The molecule has 1 fully saturated rings. The molecule has 0 spiro atoms. The van der Waals surface area contributed by atoms with Crippen LogP contribution in [0.25, 0.3) is 10.2 Å². The van der Waals surface area contributed by atoms with Gasteiger partial charge in [-0.1, -0.05) is 22.9 Å². The van der Waals surface area contributed by atoms with E-state index in [-0.39, 0.29) is 12.0 Å². The first-order valence-electron chi connectivity index (χ1n) is 8.86. The number of fused-ring (bicyclic) bond motifs is 1. The number of rotatable bonds is 4. The Hall–Kier alpha value is -1.54. The second kappa shape index (κ2) is 7.47. The van der Waals surface area contributed by atoms with Crippen LogP contribution in [0.1, 0.15) is 38.8 Å². The zero-order valence-corrected chi connectivity index (χ0v) is 17.8. The molecule has 1 aliphatic rings. The van der Waals surface area contributed by atoms with Crippen molar-refractivity contribution in [2.45, 2.75) is 39.7 Å². The molecule has 0 bridgehead atoms. The Morgan fingerprint density at radius 1 is 1.30 bits per heavy atom. The van der Waals surface area contributed by atoms with Gasteiger partial charge in [-0.05, 0) is 51.3 Å². The van der Waals surface area contributed by atoms with Crippen LogP contribution in [0.4, 0.5) is 5.13 Å². The lowest BCUT2D eigenvalue weighted by Crippen LogP contribution is -2.37. The minimum atomic E-state index is -0.0589. The summed E-state index contributed by atoms with van der Waals surface area (Å²) in [5.74, 6) is -0.0589. The Morgan fingerprint density at radius 3 is 2.78 bits per heavy atom. The predicted molar refractivity (Wildman–Crippen MR) is 112 cm³/mol. The van der Waals surface area contributed by atoms with Crippen molar-refractivity contribution in [3.8, 4) is 0 Å². The van der Waals surface area contributed by atoms with Gasteiger partial charge < -0.3 is 4.74 Å². The summed E-state index contributed by atoms with van der Waals surface area (Å²) in [7, 11) is 0. The highest BCUT2D eigenvalue weighted by Crippen LogP contribution is 2.35. The Labute approximate surface area is 171 Å². The third-order valence-electron chi connectivity index (χ3n) is 4.62. The smallest absolute Gasteiger partial charge is 0.272 e. The number of hydrogen-bond donors (Lipinski definition) is 0. The Morgan fingerprint density at radius 2 is 2.11 bits per heavy atom. The summed E-state index contributed by atoms with van der Waals surface area (Å²) in [4.78, 5) is 25.0. The number of hydrogen-bond acceptors (Lipinski definition) is 6. The molecule has 3 aromatic rings. The number of benzene rings is 1. The molecule has 3 heterocycles.